The summed E-state index contributed by atoms with van der Waals surface area (Å²) >= 11 is 1.65. The van der Waals surface area contributed by atoms with Crippen molar-refractivity contribution in [3.63, 3.8) is 0 Å². The molecule has 3 aromatic rings. The Hall–Kier alpha value is -3.82. The third-order valence-corrected chi connectivity index (χ3v) is 7.79. The molecule has 0 spiro atoms. The molecule has 3 aromatic carbocycles. The van der Waals surface area contributed by atoms with E-state index < -0.39 is 12.3 Å². The van der Waals surface area contributed by atoms with Gasteiger partial charge in [-0.2, -0.15) is 0 Å². The van der Waals surface area contributed by atoms with Crippen LogP contribution in [0.5, 0.6) is 0 Å². The number of benzene rings is 3. The summed E-state index contributed by atoms with van der Waals surface area (Å²) in [5.41, 5.74) is 3.59. The van der Waals surface area contributed by atoms with Gasteiger partial charge in [0.1, 0.15) is 6.04 Å². The Morgan fingerprint density at radius 3 is 2.65 bits per heavy atom. The fourth-order valence-electron chi connectivity index (χ4n) is 4.71. The summed E-state index contributed by atoms with van der Waals surface area (Å²) in [6.45, 7) is 4.61. The highest BCUT2D eigenvalue weighted by Crippen LogP contribution is 2.44. The first-order chi connectivity index (χ1) is 19.3. The molecule has 2 atom stereocenters. The quantitative estimate of drug-likeness (QED) is 0.219. The Kier molecular flexibility index (Phi) is 8.72. The number of carbonyl (C=O) groups excluding carboxylic acids is 3. The Balaban J connectivity index is 1.23. The lowest BCUT2D eigenvalue weighted by Crippen LogP contribution is -2.44. The minimum Gasteiger partial charge on any atom is -0.435 e. The molecule has 2 amide bonds. The number of para-hydroxylation sites is 1. The smallest absolute Gasteiger partial charge is 0.312 e. The van der Waals surface area contributed by atoms with Gasteiger partial charge in [0.2, 0.25) is 12.2 Å². The molecule has 2 heterocycles. The molecule has 9 heteroatoms. The van der Waals surface area contributed by atoms with Crippen LogP contribution in [0.15, 0.2) is 76.5 Å². The topological polar surface area (TPSA) is 106 Å². The minimum atomic E-state index is -0.736. The van der Waals surface area contributed by atoms with Gasteiger partial charge < -0.3 is 25.4 Å². The Morgan fingerprint density at radius 2 is 1.85 bits per heavy atom. The molecule has 0 aliphatic carbocycles. The number of carbonyl (C=O) groups is 3. The van der Waals surface area contributed by atoms with Crippen LogP contribution in [-0.4, -0.2) is 36.7 Å². The lowest BCUT2D eigenvalue weighted by Gasteiger charge is -2.23. The summed E-state index contributed by atoms with van der Waals surface area (Å²) in [5.74, 6) is -0.837. The van der Waals surface area contributed by atoms with Crippen molar-refractivity contribution in [2.24, 2.45) is 5.92 Å². The molecule has 1 fully saturated rings. The number of nitrogens with one attached hydrogen (secondary N) is 3. The van der Waals surface area contributed by atoms with Gasteiger partial charge >= 0.3 is 5.97 Å². The van der Waals surface area contributed by atoms with E-state index in [1.54, 1.807) is 42.1 Å². The van der Waals surface area contributed by atoms with E-state index in [4.69, 9.17) is 9.47 Å². The number of hydrogen-bond acceptors (Lipinski definition) is 7. The van der Waals surface area contributed by atoms with Crippen molar-refractivity contribution in [2.75, 3.05) is 17.2 Å². The van der Waals surface area contributed by atoms with Crippen molar-refractivity contribution in [1.82, 2.24) is 5.32 Å². The predicted molar refractivity (Wildman–Crippen MR) is 155 cm³/mol. The van der Waals surface area contributed by atoms with Crippen LogP contribution in [0.3, 0.4) is 0 Å². The van der Waals surface area contributed by atoms with E-state index in [0.29, 0.717) is 36.3 Å². The van der Waals surface area contributed by atoms with E-state index in [2.05, 4.69) is 22.0 Å². The van der Waals surface area contributed by atoms with Gasteiger partial charge in [-0.15, -0.1) is 0 Å². The third-order valence-electron chi connectivity index (χ3n) is 6.64. The van der Waals surface area contributed by atoms with Gasteiger partial charge in [-0.3, -0.25) is 14.4 Å². The second kappa shape index (κ2) is 12.6. The molecule has 5 rings (SSSR count). The van der Waals surface area contributed by atoms with Gasteiger partial charge in [-0.25, -0.2) is 0 Å². The molecule has 1 unspecified atom stereocenters. The molecule has 2 aliphatic rings. The SMILES string of the molecule is CC(C)C[C@H](NC(=O)c1ccc2c(c1)Nc1ccccc1S2)C(=O)Nc1cccc(CC(=O)OC2CCCO2)c1. The van der Waals surface area contributed by atoms with Crippen molar-refractivity contribution in [1.29, 1.82) is 0 Å². The van der Waals surface area contributed by atoms with E-state index >= 15 is 0 Å². The summed E-state index contributed by atoms with van der Waals surface area (Å²) in [7, 11) is 0. The van der Waals surface area contributed by atoms with Gasteiger partial charge in [0.05, 0.1) is 24.4 Å². The average Bonchev–Trinajstić information content (AvgIpc) is 3.44. The van der Waals surface area contributed by atoms with Crippen molar-refractivity contribution in [3.05, 3.63) is 77.9 Å². The third kappa shape index (κ3) is 7.03. The molecule has 3 N–H and O–H groups in total. The zero-order chi connectivity index (χ0) is 28.1. The van der Waals surface area contributed by atoms with Gasteiger partial charge in [0, 0.05) is 27.5 Å². The lowest BCUT2D eigenvalue weighted by atomic mass is 10.0. The summed E-state index contributed by atoms with van der Waals surface area (Å²) in [5, 5.41) is 9.23. The summed E-state index contributed by atoms with van der Waals surface area (Å²) in [6, 6.07) is 19.9. The van der Waals surface area contributed by atoms with Crippen molar-refractivity contribution in [3.8, 4) is 0 Å². The van der Waals surface area contributed by atoms with E-state index in [9.17, 15) is 14.4 Å². The highest BCUT2D eigenvalue weighted by Gasteiger charge is 2.25. The number of ether oxygens (including phenoxy) is 2. The van der Waals surface area contributed by atoms with Crippen LogP contribution in [-0.2, 0) is 25.5 Å². The molecule has 0 bridgehead atoms. The monoisotopic (exact) mass is 559 g/mol. The first-order valence-corrected chi connectivity index (χ1v) is 14.4. The molecule has 0 radical (unpaired) electrons. The molecule has 8 nitrogen and oxygen atoms in total. The second-order valence-corrected chi connectivity index (χ2v) is 11.5. The summed E-state index contributed by atoms with van der Waals surface area (Å²) in [4.78, 5) is 41.0. The minimum absolute atomic E-state index is 0.0743. The Labute approximate surface area is 238 Å². The maximum Gasteiger partial charge on any atom is 0.312 e. The standard InChI is InChI=1S/C31H33N3O5S/c1-19(2)15-25(31(37)32-22-8-5-7-20(16-22)17-28(35)39-29-11-6-14-38-29)34-30(36)21-12-13-27-24(18-21)33-23-9-3-4-10-26(23)40-27/h3-5,7-10,12-13,16,18-19,25,29,33H,6,11,14-15,17H2,1-2H3,(H,32,37)(H,34,36)/t25-,29?/m0/s1. The highest BCUT2D eigenvalue weighted by atomic mass is 32.2. The fourth-order valence-corrected chi connectivity index (χ4v) is 5.68. The van der Waals surface area contributed by atoms with Crippen LogP contribution in [0.4, 0.5) is 17.1 Å². The largest absolute Gasteiger partial charge is 0.435 e. The molecular weight excluding hydrogens is 526 g/mol. The van der Waals surface area contributed by atoms with Crippen LogP contribution in [0.25, 0.3) is 0 Å². The number of amides is 2. The maximum atomic E-state index is 13.3. The number of rotatable bonds is 9. The molecule has 0 aromatic heterocycles. The van der Waals surface area contributed by atoms with Crippen LogP contribution in [0.1, 0.15) is 49.0 Å². The number of esters is 1. The first-order valence-electron chi connectivity index (χ1n) is 13.5. The zero-order valence-corrected chi connectivity index (χ0v) is 23.4. The molecule has 1 saturated heterocycles. The van der Waals surface area contributed by atoms with E-state index in [-0.39, 0.29) is 30.1 Å². The van der Waals surface area contributed by atoms with Gasteiger partial charge in [0.25, 0.3) is 5.91 Å². The van der Waals surface area contributed by atoms with Crippen LogP contribution in [0, 0.1) is 5.92 Å². The lowest BCUT2D eigenvalue weighted by molar-refractivity contribution is -0.168. The van der Waals surface area contributed by atoms with Crippen molar-refractivity contribution < 1.29 is 23.9 Å². The maximum absolute atomic E-state index is 13.3. The Bertz CT molecular complexity index is 1400. The summed E-state index contributed by atoms with van der Waals surface area (Å²) in [6.07, 6.45) is 1.66. The molecule has 0 saturated carbocycles. The van der Waals surface area contributed by atoms with Gasteiger partial charge in [-0.05, 0) is 66.8 Å². The van der Waals surface area contributed by atoms with Gasteiger partial charge in [-0.1, -0.05) is 49.9 Å². The normalized spacial score (nSPS) is 16.3. The van der Waals surface area contributed by atoms with E-state index in [1.807, 2.05) is 44.2 Å². The van der Waals surface area contributed by atoms with Gasteiger partial charge in [0.15, 0.2) is 0 Å². The zero-order valence-electron chi connectivity index (χ0n) is 22.6. The number of hydrogen-bond donors (Lipinski definition) is 3. The molecule has 208 valence electrons. The van der Waals surface area contributed by atoms with Crippen LogP contribution >= 0.6 is 11.8 Å². The molecule has 40 heavy (non-hydrogen) atoms. The Morgan fingerprint density at radius 1 is 1.02 bits per heavy atom. The number of anilines is 3. The summed E-state index contributed by atoms with van der Waals surface area (Å²) < 4.78 is 10.7. The average molecular weight is 560 g/mol. The second-order valence-electron chi connectivity index (χ2n) is 10.4. The highest BCUT2D eigenvalue weighted by molar-refractivity contribution is 7.99. The van der Waals surface area contributed by atoms with E-state index in [1.165, 1.54) is 0 Å². The fraction of sp³-hybridized carbons (Fsp3) is 0.323. The molecule has 2 aliphatic heterocycles. The first kappa shape index (κ1) is 27.7. The van der Waals surface area contributed by atoms with E-state index in [0.717, 1.165) is 27.6 Å². The predicted octanol–water partition coefficient (Wildman–Crippen LogP) is 5.90. The number of fused-ring (bicyclic) bond motifs is 2. The van der Waals surface area contributed by atoms with Crippen LogP contribution < -0.4 is 16.0 Å². The van der Waals surface area contributed by atoms with Crippen LogP contribution in [0.2, 0.25) is 0 Å². The van der Waals surface area contributed by atoms with Crippen molar-refractivity contribution >= 4 is 46.6 Å². The van der Waals surface area contributed by atoms with Crippen molar-refractivity contribution in [2.45, 2.75) is 61.7 Å². The molecular formula is C31H33N3O5S.